The van der Waals surface area contributed by atoms with Crippen LogP contribution in [0.25, 0.3) is 11.6 Å². The number of H-pyrrole nitrogens is 1. The second kappa shape index (κ2) is 1.94. The molecule has 0 bridgehead atoms. The smallest absolute Gasteiger partial charge is 0.265 e. The molecule has 0 saturated heterocycles. The lowest BCUT2D eigenvalue weighted by molar-refractivity contribution is 0.566. The van der Waals surface area contributed by atoms with Crippen molar-refractivity contribution in [1.82, 2.24) is 20.4 Å². The molecule has 0 aliphatic rings. The van der Waals surface area contributed by atoms with E-state index in [2.05, 4.69) is 20.4 Å². The largest absolute Gasteiger partial charge is 0.422 e. The highest BCUT2D eigenvalue weighted by molar-refractivity contribution is 5.43. The molecule has 0 spiro atoms. The van der Waals surface area contributed by atoms with E-state index in [0.29, 0.717) is 5.89 Å². The fraction of sp³-hybridized carbons (Fsp3) is 0. The lowest BCUT2D eigenvalue weighted by atomic mass is 10.4. The molecule has 0 aliphatic heterocycles. The first-order valence-corrected chi connectivity index (χ1v) is 2.73. The Morgan fingerprint density at radius 2 is 2.50 bits per heavy atom. The molecule has 50 valence electrons. The Hall–Kier alpha value is -1.65. The van der Waals surface area contributed by atoms with Gasteiger partial charge in [0.05, 0.1) is 0 Å². The van der Waals surface area contributed by atoms with Crippen LogP contribution in [0.3, 0.4) is 0 Å². The maximum Gasteiger partial charge on any atom is 0.265 e. The van der Waals surface area contributed by atoms with E-state index in [4.69, 9.17) is 4.42 Å². The first kappa shape index (κ1) is 5.16. The maximum atomic E-state index is 4.88. The predicted octanol–water partition coefficient (Wildman–Crippen LogP) is 0.460. The van der Waals surface area contributed by atoms with Crippen molar-refractivity contribution in [2.24, 2.45) is 0 Å². The molecule has 0 saturated carbocycles. The lowest BCUT2D eigenvalue weighted by Gasteiger charge is -1.81. The van der Waals surface area contributed by atoms with Crippen LogP contribution in [0.1, 0.15) is 0 Å². The van der Waals surface area contributed by atoms with E-state index >= 15 is 0 Å². The molecule has 0 unspecified atom stereocenters. The molecule has 10 heavy (non-hydrogen) atoms. The van der Waals surface area contributed by atoms with Gasteiger partial charge in [-0.2, -0.15) is 5.10 Å². The zero-order valence-corrected chi connectivity index (χ0v) is 4.98. The molecule has 0 aromatic carbocycles. The average Bonchev–Trinajstić information content (AvgIpc) is 2.59. The lowest BCUT2D eigenvalue weighted by Crippen LogP contribution is -1.76. The van der Waals surface area contributed by atoms with Gasteiger partial charge in [0.15, 0.2) is 0 Å². The van der Waals surface area contributed by atoms with Gasteiger partial charge in [-0.1, -0.05) is 0 Å². The van der Waals surface area contributed by atoms with Crippen LogP contribution in [0.15, 0.2) is 23.1 Å². The van der Waals surface area contributed by atoms with Gasteiger partial charge >= 0.3 is 0 Å². The van der Waals surface area contributed by atoms with Gasteiger partial charge in [0.25, 0.3) is 5.89 Å². The van der Waals surface area contributed by atoms with E-state index in [0.717, 1.165) is 5.69 Å². The molecule has 2 heterocycles. The summed E-state index contributed by atoms with van der Waals surface area (Å²) in [5.74, 6) is 0.456. The van der Waals surface area contributed by atoms with Gasteiger partial charge in [-0.3, -0.25) is 5.10 Å². The first-order valence-electron chi connectivity index (χ1n) is 2.73. The van der Waals surface area contributed by atoms with Crippen LogP contribution in [0.4, 0.5) is 0 Å². The minimum absolute atomic E-state index is 0.456. The highest BCUT2D eigenvalue weighted by atomic mass is 16.4. The maximum absolute atomic E-state index is 4.88. The molecule has 5 heteroatoms. The number of aromatic amines is 1. The Balaban J connectivity index is 2.48. The van der Waals surface area contributed by atoms with E-state index in [1.54, 1.807) is 12.3 Å². The van der Waals surface area contributed by atoms with E-state index in [9.17, 15) is 0 Å². The Morgan fingerprint density at radius 3 is 3.10 bits per heavy atom. The molecular formula is C5H4N4O. The van der Waals surface area contributed by atoms with Gasteiger partial charge in [-0.15, -0.1) is 10.2 Å². The van der Waals surface area contributed by atoms with Crippen LogP contribution in [0.2, 0.25) is 0 Å². The van der Waals surface area contributed by atoms with Crippen LogP contribution in [-0.4, -0.2) is 20.4 Å². The molecule has 1 N–H and O–H groups in total. The zero-order chi connectivity index (χ0) is 6.81. The average molecular weight is 136 g/mol. The minimum atomic E-state index is 0.456. The molecule has 0 amide bonds. The fourth-order valence-corrected chi connectivity index (χ4v) is 0.665. The number of aromatic nitrogens is 4. The van der Waals surface area contributed by atoms with Crippen LogP contribution in [0, 0.1) is 0 Å². The fourth-order valence-electron chi connectivity index (χ4n) is 0.665. The monoisotopic (exact) mass is 136 g/mol. The Labute approximate surface area is 56.1 Å². The van der Waals surface area contributed by atoms with Crippen molar-refractivity contribution in [3.05, 3.63) is 18.7 Å². The van der Waals surface area contributed by atoms with Gasteiger partial charge in [-0.05, 0) is 6.07 Å². The predicted molar refractivity (Wildman–Crippen MR) is 31.9 cm³/mol. The van der Waals surface area contributed by atoms with Crippen molar-refractivity contribution in [2.45, 2.75) is 0 Å². The van der Waals surface area contributed by atoms with E-state index in [1.807, 2.05) is 0 Å². The number of rotatable bonds is 1. The third-order valence-electron chi connectivity index (χ3n) is 1.09. The van der Waals surface area contributed by atoms with Crippen LogP contribution >= 0.6 is 0 Å². The molecule has 0 radical (unpaired) electrons. The quantitative estimate of drug-likeness (QED) is 0.618. The van der Waals surface area contributed by atoms with Gasteiger partial charge in [-0.25, -0.2) is 0 Å². The van der Waals surface area contributed by atoms with Crippen molar-refractivity contribution in [1.29, 1.82) is 0 Å². The summed E-state index contributed by atoms with van der Waals surface area (Å²) in [4.78, 5) is 0. The molecule has 2 aromatic heterocycles. The summed E-state index contributed by atoms with van der Waals surface area (Å²) in [5.41, 5.74) is 0.734. The molecule has 2 aromatic rings. The second-order valence-corrected chi connectivity index (χ2v) is 1.71. The van der Waals surface area contributed by atoms with Crippen molar-refractivity contribution >= 4 is 0 Å². The number of hydrogen-bond acceptors (Lipinski definition) is 4. The summed E-state index contributed by atoms with van der Waals surface area (Å²) < 4.78 is 4.88. The zero-order valence-electron chi connectivity index (χ0n) is 4.98. The number of nitrogens with one attached hydrogen (secondary N) is 1. The topological polar surface area (TPSA) is 67.6 Å². The summed E-state index contributed by atoms with van der Waals surface area (Å²) in [7, 11) is 0. The normalized spacial score (nSPS) is 10.0. The summed E-state index contributed by atoms with van der Waals surface area (Å²) in [5, 5.41) is 13.6. The molecule has 0 aliphatic carbocycles. The molecule has 2 rings (SSSR count). The number of nitrogens with zero attached hydrogens (tertiary/aromatic N) is 3. The third-order valence-corrected chi connectivity index (χ3v) is 1.09. The standard InChI is InChI=1S/C5H4N4O/c1-2-6-8-4(1)5-9-7-3-10-5/h1-3H,(H,6,8). The van der Waals surface area contributed by atoms with Gasteiger partial charge in [0.2, 0.25) is 6.39 Å². The molecular weight excluding hydrogens is 132 g/mol. The van der Waals surface area contributed by atoms with Gasteiger partial charge in [0.1, 0.15) is 5.69 Å². The van der Waals surface area contributed by atoms with Crippen molar-refractivity contribution < 1.29 is 4.42 Å². The summed E-state index contributed by atoms with van der Waals surface area (Å²) >= 11 is 0. The second-order valence-electron chi connectivity index (χ2n) is 1.71. The highest BCUT2D eigenvalue weighted by Crippen LogP contribution is 2.09. The van der Waals surface area contributed by atoms with Crippen molar-refractivity contribution in [3.8, 4) is 11.6 Å². The van der Waals surface area contributed by atoms with Crippen molar-refractivity contribution in [3.63, 3.8) is 0 Å². The Bertz CT molecular complexity index is 253. The van der Waals surface area contributed by atoms with Crippen molar-refractivity contribution in [2.75, 3.05) is 0 Å². The third kappa shape index (κ3) is 0.680. The molecule has 0 atom stereocenters. The summed E-state index contributed by atoms with van der Waals surface area (Å²) in [6.45, 7) is 0. The van der Waals surface area contributed by atoms with E-state index < -0.39 is 0 Å². The van der Waals surface area contributed by atoms with Gasteiger partial charge in [0, 0.05) is 6.20 Å². The summed E-state index contributed by atoms with van der Waals surface area (Å²) in [6.07, 6.45) is 2.90. The number of hydrogen-bond donors (Lipinski definition) is 1. The van der Waals surface area contributed by atoms with Crippen LogP contribution in [-0.2, 0) is 0 Å². The molecule has 0 fully saturated rings. The van der Waals surface area contributed by atoms with Gasteiger partial charge < -0.3 is 4.42 Å². The molecule has 5 nitrogen and oxygen atoms in total. The van der Waals surface area contributed by atoms with E-state index in [-0.39, 0.29) is 0 Å². The Morgan fingerprint density at radius 1 is 1.50 bits per heavy atom. The van der Waals surface area contributed by atoms with Crippen LogP contribution < -0.4 is 0 Å². The highest BCUT2D eigenvalue weighted by Gasteiger charge is 2.01. The first-order chi connectivity index (χ1) is 4.97. The van der Waals surface area contributed by atoms with E-state index in [1.165, 1.54) is 6.39 Å². The van der Waals surface area contributed by atoms with Crippen LogP contribution in [0.5, 0.6) is 0 Å². The summed E-state index contributed by atoms with van der Waals surface area (Å²) in [6, 6.07) is 1.76. The SMILES string of the molecule is c1cc(-c2nnco2)[nH]n1. The Kier molecular flexibility index (Phi) is 1.00. The minimum Gasteiger partial charge on any atom is -0.422 e.